The molecule has 2 heterocycles. The summed E-state index contributed by atoms with van der Waals surface area (Å²) >= 11 is 0. The van der Waals surface area contributed by atoms with Crippen molar-refractivity contribution in [3.8, 4) is 5.75 Å². The minimum absolute atomic E-state index is 0.0284. The minimum atomic E-state index is -0.578. The average Bonchev–Trinajstić information content (AvgIpc) is 3.17. The first-order valence-electron chi connectivity index (χ1n) is 10.8. The Morgan fingerprint density at radius 2 is 1.83 bits per heavy atom. The SMILES string of the molecule is CNc1ccn2c(C(=O)c3ccc([N+](=O)[O-])c(OC)c3)c(C)c(C(=O)OCc3ccccc3)c2c1. The number of ketones is 1. The number of aromatic nitrogens is 1. The quantitative estimate of drug-likeness (QED) is 0.169. The van der Waals surface area contributed by atoms with Crippen LogP contribution in [-0.2, 0) is 11.3 Å². The van der Waals surface area contributed by atoms with Gasteiger partial charge in [0, 0.05) is 30.6 Å². The molecule has 0 aliphatic carbocycles. The van der Waals surface area contributed by atoms with Crippen LogP contribution < -0.4 is 10.1 Å². The van der Waals surface area contributed by atoms with Gasteiger partial charge < -0.3 is 19.2 Å². The number of nitro benzene ring substituents is 1. The lowest BCUT2D eigenvalue weighted by Crippen LogP contribution is -2.09. The summed E-state index contributed by atoms with van der Waals surface area (Å²) < 4.78 is 12.3. The Morgan fingerprint density at radius 3 is 2.49 bits per heavy atom. The summed E-state index contributed by atoms with van der Waals surface area (Å²) in [7, 11) is 3.05. The first-order valence-corrected chi connectivity index (χ1v) is 10.8. The minimum Gasteiger partial charge on any atom is -0.490 e. The molecule has 2 aromatic carbocycles. The summed E-state index contributed by atoms with van der Waals surface area (Å²) in [4.78, 5) is 37.4. The Kier molecular flexibility index (Phi) is 6.50. The number of nitrogens with zero attached hydrogens (tertiary/aromatic N) is 2. The molecule has 0 unspecified atom stereocenters. The Bertz CT molecular complexity index is 1440. The summed E-state index contributed by atoms with van der Waals surface area (Å²) in [6, 6.07) is 16.8. The van der Waals surface area contributed by atoms with E-state index in [-0.39, 0.29) is 34.9 Å². The van der Waals surface area contributed by atoms with Crippen molar-refractivity contribution in [2.45, 2.75) is 13.5 Å². The Balaban J connectivity index is 1.80. The van der Waals surface area contributed by atoms with Gasteiger partial charge in [-0.1, -0.05) is 30.3 Å². The van der Waals surface area contributed by atoms with E-state index in [1.807, 2.05) is 30.3 Å². The van der Waals surface area contributed by atoms with Crippen molar-refractivity contribution in [2.75, 3.05) is 19.5 Å². The highest BCUT2D eigenvalue weighted by molar-refractivity contribution is 6.13. The molecule has 0 aliphatic heterocycles. The molecule has 0 saturated carbocycles. The van der Waals surface area contributed by atoms with Crippen molar-refractivity contribution in [3.05, 3.63) is 105 Å². The maximum absolute atomic E-state index is 13.6. The van der Waals surface area contributed by atoms with Crippen LogP contribution in [0.1, 0.15) is 37.5 Å². The second-order valence-electron chi connectivity index (χ2n) is 7.80. The standard InChI is InChI=1S/C26H23N3O6/c1-16-23(26(31)35-15-17-7-5-4-6-8-17)21-14-19(27-2)11-12-28(21)24(16)25(30)18-9-10-20(29(32)33)22(13-18)34-3/h4-14,27H,15H2,1-3H3. The summed E-state index contributed by atoms with van der Waals surface area (Å²) in [5, 5.41) is 14.3. The van der Waals surface area contributed by atoms with Gasteiger partial charge >= 0.3 is 11.7 Å². The topological polar surface area (TPSA) is 112 Å². The number of benzene rings is 2. The van der Waals surface area contributed by atoms with Crippen LogP contribution in [0, 0.1) is 17.0 Å². The number of hydrogen-bond donors (Lipinski definition) is 1. The second-order valence-corrected chi connectivity index (χ2v) is 7.80. The molecule has 0 radical (unpaired) electrons. The van der Waals surface area contributed by atoms with Crippen molar-refractivity contribution in [1.82, 2.24) is 4.40 Å². The fourth-order valence-electron chi connectivity index (χ4n) is 3.97. The molecule has 4 aromatic rings. The van der Waals surface area contributed by atoms with E-state index in [2.05, 4.69) is 5.32 Å². The van der Waals surface area contributed by atoms with E-state index in [4.69, 9.17) is 9.47 Å². The van der Waals surface area contributed by atoms with E-state index in [0.717, 1.165) is 11.3 Å². The highest BCUT2D eigenvalue weighted by Crippen LogP contribution is 2.32. The third-order valence-electron chi connectivity index (χ3n) is 5.74. The molecule has 178 valence electrons. The van der Waals surface area contributed by atoms with Crippen LogP contribution in [0.15, 0.2) is 66.9 Å². The van der Waals surface area contributed by atoms with E-state index >= 15 is 0 Å². The maximum Gasteiger partial charge on any atom is 0.340 e. The van der Waals surface area contributed by atoms with Crippen LogP contribution in [-0.4, -0.2) is 35.2 Å². The second kappa shape index (κ2) is 9.68. The molecule has 9 nitrogen and oxygen atoms in total. The molecule has 2 aromatic heterocycles. The number of esters is 1. The van der Waals surface area contributed by atoms with E-state index < -0.39 is 16.7 Å². The van der Waals surface area contributed by atoms with Gasteiger partial charge in [0.25, 0.3) is 0 Å². The Labute approximate surface area is 201 Å². The van der Waals surface area contributed by atoms with E-state index in [9.17, 15) is 19.7 Å². The lowest BCUT2D eigenvalue weighted by molar-refractivity contribution is -0.385. The van der Waals surface area contributed by atoms with Crippen LogP contribution in [0.4, 0.5) is 11.4 Å². The number of ether oxygens (including phenoxy) is 2. The average molecular weight is 473 g/mol. The predicted octanol–water partition coefficient (Wildman–Crippen LogP) is 4.79. The van der Waals surface area contributed by atoms with E-state index in [1.54, 1.807) is 36.7 Å². The first-order chi connectivity index (χ1) is 16.8. The molecule has 0 bridgehead atoms. The molecule has 1 N–H and O–H groups in total. The zero-order chi connectivity index (χ0) is 25.1. The number of rotatable bonds is 8. The highest BCUT2D eigenvalue weighted by Gasteiger charge is 2.28. The van der Waals surface area contributed by atoms with Gasteiger partial charge in [-0.25, -0.2) is 4.79 Å². The number of hydrogen-bond acceptors (Lipinski definition) is 7. The smallest absolute Gasteiger partial charge is 0.340 e. The van der Waals surface area contributed by atoms with Crippen LogP contribution >= 0.6 is 0 Å². The van der Waals surface area contributed by atoms with E-state index in [1.165, 1.54) is 25.3 Å². The number of fused-ring (bicyclic) bond motifs is 1. The number of nitro groups is 1. The summed E-state index contributed by atoms with van der Waals surface area (Å²) in [5.41, 5.74) is 3.01. The molecule has 0 saturated heterocycles. The van der Waals surface area contributed by atoms with Crippen LogP contribution in [0.3, 0.4) is 0 Å². The van der Waals surface area contributed by atoms with Crippen LogP contribution in [0.2, 0.25) is 0 Å². The van der Waals surface area contributed by atoms with Crippen molar-refractivity contribution in [1.29, 1.82) is 0 Å². The fourth-order valence-corrected chi connectivity index (χ4v) is 3.97. The third-order valence-corrected chi connectivity index (χ3v) is 5.74. The highest BCUT2D eigenvalue weighted by atomic mass is 16.6. The molecule has 0 amide bonds. The lowest BCUT2D eigenvalue weighted by Gasteiger charge is -2.07. The van der Waals surface area contributed by atoms with Gasteiger partial charge in [0.05, 0.1) is 28.8 Å². The largest absolute Gasteiger partial charge is 0.490 e. The van der Waals surface area contributed by atoms with Crippen molar-refractivity contribution in [2.24, 2.45) is 0 Å². The van der Waals surface area contributed by atoms with Crippen LogP contribution in [0.5, 0.6) is 5.75 Å². The van der Waals surface area contributed by atoms with Gasteiger partial charge in [-0.3, -0.25) is 14.9 Å². The van der Waals surface area contributed by atoms with Gasteiger partial charge in [-0.05, 0) is 42.3 Å². The van der Waals surface area contributed by atoms with Crippen LogP contribution in [0.25, 0.3) is 5.52 Å². The van der Waals surface area contributed by atoms with Gasteiger partial charge in [0.1, 0.15) is 6.61 Å². The molecule has 0 aliphatic rings. The van der Waals surface area contributed by atoms with E-state index in [0.29, 0.717) is 11.1 Å². The molecule has 0 spiro atoms. The molecular formula is C26H23N3O6. The van der Waals surface area contributed by atoms with Crippen molar-refractivity contribution in [3.63, 3.8) is 0 Å². The third kappa shape index (κ3) is 4.43. The molecule has 35 heavy (non-hydrogen) atoms. The Hall–Kier alpha value is -4.66. The molecule has 0 fully saturated rings. The van der Waals surface area contributed by atoms with Gasteiger partial charge in [0.2, 0.25) is 5.78 Å². The molecular weight excluding hydrogens is 450 g/mol. The molecule has 4 rings (SSSR count). The monoisotopic (exact) mass is 473 g/mol. The van der Waals surface area contributed by atoms with Crippen molar-refractivity contribution >= 4 is 28.6 Å². The van der Waals surface area contributed by atoms with Gasteiger partial charge in [-0.15, -0.1) is 0 Å². The summed E-state index contributed by atoms with van der Waals surface area (Å²) in [5.74, 6) is -0.998. The summed E-state index contributed by atoms with van der Waals surface area (Å²) in [6.07, 6.45) is 1.69. The number of pyridine rings is 1. The number of methoxy groups -OCH3 is 1. The number of carbonyl (C=O) groups is 2. The number of nitrogens with one attached hydrogen (secondary N) is 1. The maximum atomic E-state index is 13.6. The summed E-state index contributed by atoms with van der Waals surface area (Å²) in [6.45, 7) is 1.77. The normalized spacial score (nSPS) is 10.7. The molecule has 9 heteroatoms. The van der Waals surface area contributed by atoms with Gasteiger partial charge in [0.15, 0.2) is 5.75 Å². The molecule has 0 atom stereocenters. The first kappa shape index (κ1) is 23.5. The number of anilines is 1. The fraction of sp³-hybridized carbons (Fsp3) is 0.154. The zero-order valence-corrected chi connectivity index (χ0v) is 19.4. The lowest BCUT2D eigenvalue weighted by atomic mass is 10.0. The Morgan fingerprint density at radius 1 is 1.09 bits per heavy atom. The predicted molar refractivity (Wildman–Crippen MR) is 130 cm³/mol. The van der Waals surface area contributed by atoms with Gasteiger partial charge in [-0.2, -0.15) is 0 Å². The number of carbonyl (C=O) groups excluding carboxylic acids is 2. The zero-order valence-electron chi connectivity index (χ0n) is 19.4. The van der Waals surface area contributed by atoms with Crippen molar-refractivity contribution < 1.29 is 24.0 Å².